The highest BCUT2D eigenvalue weighted by molar-refractivity contribution is 6.74. The van der Waals surface area contributed by atoms with Crippen molar-refractivity contribution in [1.29, 1.82) is 0 Å². The Labute approximate surface area is 116 Å². The van der Waals surface area contributed by atoms with Crippen molar-refractivity contribution in [2.45, 2.75) is 58.5 Å². The molecular formula is C15H25FO2Si. The molecule has 1 N–H and O–H groups in total. The first-order valence-corrected chi connectivity index (χ1v) is 9.56. The third-order valence-electron chi connectivity index (χ3n) is 3.95. The zero-order valence-corrected chi connectivity index (χ0v) is 13.7. The van der Waals surface area contributed by atoms with Gasteiger partial charge in [0.25, 0.3) is 0 Å². The standard InChI is InChI=1S/C15H25FO2Si/c1-11(17)14-8-7-13(16)9-12(14)10-18-19(5,6)15(2,3)4/h7-9,11,17H,10H2,1-6H3. The normalized spacial score (nSPS) is 14.5. The SMILES string of the molecule is CC(O)c1ccc(F)cc1CO[Si](C)(C)C(C)(C)C. The van der Waals surface area contributed by atoms with Crippen molar-refractivity contribution in [3.8, 4) is 0 Å². The summed E-state index contributed by atoms with van der Waals surface area (Å²) in [6.45, 7) is 12.9. The number of halogens is 1. The zero-order valence-electron chi connectivity index (χ0n) is 12.7. The van der Waals surface area contributed by atoms with Gasteiger partial charge in [0.2, 0.25) is 0 Å². The largest absolute Gasteiger partial charge is 0.413 e. The monoisotopic (exact) mass is 284 g/mol. The molecule has 1 aromatic carbocycles. The van der Waals surface area contributed by atoms with Crippen LogP contribution in [0.3, 0.4) is 0 Å². The minimum absolute atomic E-state index is 0.116. The quantitative estimate of drug-likeness (QED) is 0.830. The van der Waals surface area contributed by atoms with E-state index < -0.39 is 14.4 Å². The van der Waals surface area contributed by atoms with E-state index in [1.807, 2.05) is 0 Å². The maximum Gasteiger partial charge on any atom is 0.192 e. The van der Waals surface area contributed by atoms with Crippen molar-refractivity contribution in [2.24, 2.45) is 0 Å². The lowest BCUT2D eigenvalue weighted by Crippen LogP contribution is -2.40. The molecule has 0 fully saturated rings. The predicted molar refractivity (Wildman–Crippen MR) is 79.0 cm³/mol. The molecule has 0 saturated heterocycles. The van der Waals surface area contributed by atoms with Gasteiger partial charge in [-0.3, -0.25) is 0 Å². The lowest BCUT2D eigenvalue weighted by Gasteiger charge is -2.36. The van der Waals surface area contributed by atoms with Crippen LogP contribution in [0.25, 0.3) is 0 Å². The van der Waals surface area contributed by atoms with Crippen molar-refractivity contribution in [3.05, 3.63) is 35.1 Å². The highest BCUT2D eigenvalue weighted by Gasteiger charge is 2.37. The predicted octanol–water partition coefficient (Wildman–Crippen LogP) is 4.40. The lowest BCUT2D eigenvalue weighted by atomic mass is 10.0. The fourth-order valence-electron chi connectivity index (χ4n) is 1.58. The topological polar surface area (TPSA) is 29.5 Å². The number of hydrogen-bond donors (Lipinski definition) is 1. The van der Waals surface area contributed by atoms with E-state index in [0.29, 0.717) is 6.61 Å². The number of hydrogen-bond acceptors (Lipinski definition) is 2. The second-order valence-electron chi connectivity index (χ2n) is 6.57. The average Bonchev–Trinajstić information content (AvgIpc) is 2.24. The molecule has 1 aromatic rings. The number of aliphatic hydroxyl groups excluding tert-OH is 1. The number of aliphatic hydroxyl groups is 1. The van der Waals surface area contributed by atoms with Crippen molar-refractivity contribution >= 4 is 8.32 Å². The summed E-state index contributed by atoms with van der Waals surface area (Å²) < 4.78 is 19.4. The van der Waals surface area contributed by atoms with Gasteiger partial charge in [0.05, 0.1) is 12.7 Å². The minimum atomic E-state index is -1.87. The van der Waals surface area contributed by atoms with Gasteiger partial charge in [-0.1, -0.05) is 26.8 Å². The Hall–Kier alpha value is -0.713. The second-order valence-corrected chi connectivity index (χ2v) is 11.4. The molecule has 0 spiro atoms. The Bertz CT molecular complexity index is 436. The first-order chi connectivity index (χ1) is 8.54. The van der Waals surface area contributed by atoms with Crippen molar-refractivity contribution in [2.75, 3.05) is 0 Å². The van der Waals surface area contributed by atoms with Gasteiger partial charge >= 0.3 is 0 Å². The van der Waals surface area contributed by atoms with E-state index >= 15 is 0 Å². The summed E-state index contributed by atoms with van der Waals surface area (Å²) in [6, 6.07) is 4.46. The molecule has 0 amide bonds. The lowest BCUT2D eigenvalue weighted by molar-refractivity contribution is 0.193. The van der Waals surface area contributed by atoms with Crippen molar-refractivity contribution in [3.63, 3.8) is 0 Å². The van der Waals surface area contributed by atoms with E-state index in [2.05, 4.69) is 33.9 Å². The van der Waals surface area contributed by atoms with E-state index in [0.717, 1.165) is 11.1 Å². The number of benzene rings is 1. The first-order valence-electron chi connectivity index (χ1n) is 6.65. The number of rotatable bonds is 4. The van der Waals surface area contributed by atoms with Crippen LogP contribution >= 0.6 is 0 Å². The molecule has 1 atom stereocenters. The Balaban J connectivity index is 2.92. The third kappa shape index (κ3) is 4.13. The van der Waals surface area contributed by atoms with Gasteiger partial charge in [-0.25, -0.2) is 4.39 Å². The van der Waals surface area contributed by atoms with E-state index in [9.17, 15) is 9.50 Å². The van der Waals surface area contributed by atoms with E-state index in [1.54, 1.807) is 13.0 Å². The molecule has 0 saturated carbocycles. The van der Waals surface area contributed by atoms with E-state index in [1.165, 1.54) is 12.1 Å². The molecule has 4 heteroatoms. The molecule has 0 aromatic heterocycles. The highest BCUT2D eigenvalue weighted by atomic mass is 28.4. The second kappa shape index (κ2) is 5.73. The third-order valence-corrected chi connectivity index (χ3v) is 8.43. The Morgan fingerprint density at radius 1 is 1.32 bits per heavy atom. The molecular weight excluding hydrogens is 259 g/mol. The minimum Gasteiger partial charge on any atom is -0.413 e. The van der Waals surface area contributed by atoms with Crippen LogP contribution in [-0.4, -0.2) is 13.4 Å². The molecule has 1 unspecified atom stereocenters. The van der Waals surface area contributed by atoms with E-state index in [-0.39, 0.29) is 10.9 Å². The van der Waals surface area contributed by atoms with Gasteiger partial charge in [-0.2, -0.15) is 0 Å². The zero-order chi connectivity index (χ0) is 14.8. The molecule has 19 heavy (non-hydrogen) atoms. The molecule has 2 nitrogen and oxygen atoms in total. The molecule has 0 bridgehead atoms. The highest BCUT2D eigenvalue weighted by Crippen LogP contribution is 2.37. The van der Waals surface area contributed by atoms with Gasteiger partial charge in [-0.15, -0.1) is 0 Å². The maximum atomic E-state index is 13.3. The van der Waals surface area contributed by atoms with Crippen LogP contribution in [0.15, 0.2) is 18.2 Å². The maximum absolute atomic E-state index is 13.3. The Kier molecular flexibility index (Phi) is 4.93. The van der Waals surface area contributed by atoms with Crippen molar-refractivity contribution < 1.29 is 13.9 Å². The van der Waals surface area contributed by atoms with Gasteiger partial charge < -0.3 is 9.53 Å². The van der Waals surface area contributed by atoms with Crippen LogP contribution in [0.2, 0.25) is 18.1 Å². The first kappa shape index (κ1) is 16.3. The smallest absolute Gasteiger partial charge is 0.192 e. The summed E-state index contributed by atoms with van der Waals surface area (Å²) >= 11 is 0. The summed E-state index contributed by atoms with van der Waals surface area (Å²) in [5.74, 6) is -0.293. The fraction of sp³-hybridized carbons (Fsp3) is 0.600. The average molecular weight is 284 g/mol. The van der Waals surface area contributed by atoms with Gasteiger partial charge in [-0.05, 0) is 48.3 Å². The molecule has 1 rings (SSSR count). The molecule has 0 aliphatic carbocycles. The van der Waals surface area contributed by atoms with E-state index in [4.69, 9.17) is 4.43 Å². The summed E-state index contributed by atoms with van der Waals surface area (Å²) in [6.07, 6.45) is -0.612. The summed E-state index contributed by atoms with van der Waals surface area (Å²) in [5.41, 5.74) is 1.47. The molecule has 0 radical (unpaired) electrons. The molecule has 108 valence electrons. The summed E-state index contributed by atoms with van der Waals surface area (Å²) in [4.78, 5) is 0. The van der Waals surface area contributed by atoms with Gasteiger partial charge in [0.1, 0.15) is 5.82 Å². The molecule has 0 heterocycles. The summed E-state index contributed by atoms with van der Waals surface area (Å²) in [5, 5.41) is 9.83. The molecule has 0 aliphatic rings. The van der Waals surface area contributed by atoms with Crippen LogP contribution in [0.4, 0.5) is 4.39 Å². The van der Waals surface area contributed by atoms with Crippen LogP contribution in [0, 0.1) is 5.82 Å². The van der Waals surface area contributed by atoms with Crippen LogP contribution < -0.4 is 0 Å². The summed E-state index contributed by atoms with van der Waals surface area (Å²) in [7, 11) is -1.87. The van der Waals surface area contributed by atoms with Crippen LogP contribution in [0.5, 0.6) is 0 Å². The van der Waals surface area contributed by atoms with Gasteiger partial charge in [0, 0.05) is 0 Å². The Morgan fingerprint density at radius 2 is 1.89 bits per heavy atom. The van der Waals surface area contributed by atoms with Crippen molar-refractivity contribution in [1.82, 2.24) is 0 Å². The molecule has 0 aliphatic heterocycles. The Morgan fingerprint density at radius 3 is 2.37 bits per heavy atom. The van der Waals surface area contributed by atoms with Crippen LogP contribution in [0.1, 0.15) is 44.9 Å². The van der Waals surface area contributed by atoms with Gasteiger partial charge in [0.15, 0.2) is 8.32 Å². The van der Waals surface area contributed by atoms with Crippen LogP contribution in [-0.2, 0) is 11.0 Å². The fourth-order valence-corrected chi connectivity index (χ4v) is 2.53.